The molecule has 2 aliphatic heterocycles. The van der Waals surface area contributed by atoms with E-state index in [1.165, 1.54) is 28.8 Å². The Kier molecular flexibility index (Phi) is 8.05. The van der Waals surface area contributed by atoms with Gasteiger partial charge in [0.25, 0.3) is 5.69 Å². The van der Waals surface area contributed by atoms with E-state index in [1.54, 1.807) is 31.2 Å². The molecule has 0 spiro atoms. The van der Waals surface area contributed by atoms with Gasteiger partial charge in [0.2, 0.25) is 16.9 Å². The number of thioether (sulfide) groups is 1. The van der Waals surface area contributed by atoms with Crippen molar-refractivity contribution >= 4 is 52.7 Å². The molecule has 0 radical (unpaired) electrons. The molecule has 2 N–H and O–H groups in total. The first-order chi connectivity index (χ1) is 17.7. The van der Waals surface area contributed by atoms with Crippen LogP contribution in [-0.2, 0) is 20.8 Å². The summed E-state index contributed by atoms with van der Waals surface area (Å²) in [4.78, 5) is 49.9. The Bertz CT molecular complexity index is 1250. The predicted molar refractivity (Wildman–Crippen MR) is 144 cm³/mol. The van der Waals surface area contributed by atoms with Crippen LogP contribution in [0.1, 0.15) is 38.2 Å². The minimum atomic E-state index is -0.946. The van der Waals surface area contributed by atoms with Crippen molar-refractivity contribution in [3.63, 3.8) is 0 Å². The Labute approximate surface area is 223 Å². The molecule has 2 aromatic carbocycles. The average molecular weight is 542 g/mol. The molecule has 0 aliphatic carbocycles. The number of carbonyl (C=O) groups excluding carboxylic acids is 3. The van der Waals surface area contributed by atoms with Crippen molar-refractivity contribution < 1.29 is 24.4 Å². The van der Waals surface area contributed by atoms with Gasteiger partial charge in [0.15, 0.2) is 0 Å². The second-order valence-corrected chi connectivity index (χ2v) is 10.8. The van der Waals surface area contributed by atoms with Gasteiger partial charge in [-0.2, -0.15) is 0 Å². The summed E-state index contributed by atoms with van der Waals surface area (Å²) < 4.78 is 0. The van der Waals surface area contributed by atoms with E-state index in [2.05, 4.69) is 17.9 Å². The third-order valence-corrected chi connectivity index (χ3v) is 8.40. The largest absolute Gasteiger partial charge is 0.392 e. The lowest BCUT2D eigenvalue weighted by Crippen LogP contribution is -2.71. The molecule has 4 rings (SSSR count). The second kappa shape index (κ2) is 11.1. The number of nitrogens with one attached hydrogen (secondary N) is 1. The van der Waals surface area contributed by atoms with Crippen LogP contribution in [0.2, 0.25) is 0 Å². The van der Waals surface area contributed by atoms with Gasteiger partial charge in [-0.05, 0) is 37.0 Å². The van der Waals surface area contributed by atoms with Gasteiger partial charge in [-0.1, -0.05) is 61.6 Å². The highest BCUT2D eigenvalue weighted by Gasteiger charge is 2.67. The van der Waals surface area contributed by atoms with Crippen molar-refractivity contribution in [1.82, 2.24) is 4.90 Å². The summed E-state index contributed by atoms with van der Waals surface area (Å²) in [7, 11) is 0. The Balaban J connectivity index is 1.54. The number of thiol groups is 1. The Morgan fingerprint density at radius 2 is 1.89 bits per heavy atom. The number of carbonyl (C=O) groups is 3. The molecular formula is C26H27N3O6S2. The summed E-state index contributed by atoms with van der Waals surface area (Å²) in [5.41, 5.74) is 1.56. The van der Waals surface area contributed by atoms with E-state index < -0.39 is 26.9 Å². The van der Waals surface area contributed by atoms with Gasteiger partial charge in [-0.15, -0.1) is 0 Å². The van der Waals surface area contributed by atoms with Gasteiger partial charge >= 0.3 is 0 Å². The van der Waals surface area contributed by atoms with Crippen molar-refractivity contribution in [2.24, 2.45) is 5.92 Å². The highest BCUT2D eigenvalue weighted by Crippen LogP contribution is 2.61. The molecule has 1 saturated heterocycles. The highest BCUT2D eigenvalue weighted by atomic mass is 32.2. The standard InChI is InChI=1S/C26H27N3O6S2/c1-2-19(30)22-24(32)28-23(25(33)36)20(9-6-10-21(31)27-17-7-4-3-5-8-17)37-26(22,28)15-16-11-13-18(14-12-16)29(34)35/h3-5,7-8,11-14,19,22,30H,2,6,9-10,15H2,1H3,(H,27,31)(H,33,36)/t19-,22+,26+/m0/s1. The molecule has 0 unspecified atom stereocenters. The van der Waals surface area contributed by atoms with Crippen LogP contribution in [0, 0.1) is 16.0 Å². The van der Waals surface area contributed by atoms with Gasteiger partial charge in [-0.3, -0.25) is 29.4 Å². The molecule has 194 valence electrons. The smallest absolute Gasteiger partial charge is 0.269 e. The van der Waals surface area contributed by atoms with Crippen molar-refractivity contribution in [2.75, 3.05) is 5.32 Å². The zero-order valence-electron chi connectivity index (χ0n) is 20.1. The first-order valence-electron chi connectivity index (χ1n) is 11.9. The third-order valence-electron chi connectivity index (χ3n) is 6.61. The number of allylic oxidation sites excluding steroid dienone is 1. The Hall–Kier alpha value is -3.15. The summed E-state index contributed by atoms with van der Waals surface area (Å²) in [6.45, 7) is 1.78. The zero-order valence-corrected chi connectivity index (χ0v) is 21.8. The lowest BCUT2D eigenvalue weighted by atomic mass is 9.77. The lowest BCUT2D eigenvalue weighted by molar-refractivity contribution is -0.384. The average Bonchev–Trinajstić information content (AvgIpc) is 3.14. The molecule has 0 aromatic heterocycles. The van der Waals surface area contributed by atoms with Crippen LogP contribution in [0.25, 0.3) is 0 Å². The number of nitro groups is 1. The number of nitrogens with zero attached hydrogens (tertiary/aromatic N) is 2. The van der Waals surface area contributed by atoms with E-state index in [-0.39, 0.29) is 36.0 Å². The number of nitro benzene ring substituents is 1. The number of para-hydroxylation sites is 1. The van der Waals surface area contributed by atoms with E-state index >= 15 is 0 Å². The van der Waals surface area contributed by atoms with E-state index in [1.807, 2.05) is 18.2 Å². The highest BCUT2D eigenvalue weighted by molar-refractivity contribution is 8.05. The fourth-order valence-electron chi connectivity index (χ4n) is 4.88. The number of benzene rings is 2. The fourth-order valence-corrected chi connectivity index (χ4v) is 7.04. The van der Waals surface area contributed by atoms with Crippen LogP contribution >= 0.6 is 24.4 Å². The summed E-state index contributed by atoms with van der Waals surface area (Å²) >= 11 is 5.39. The number of non-ortho nitro benzene ring substituents is 1. The second-order valence-electron chi connectivity index (χ2n) is 9.02. The van der Waals surface area contributed by atoms with Crippen molar-refractivity contribution in [3.05, 3.63) is 80.9 Å². The van der Waals surface area contributed by atoms with Gasteiger partial charge in [-0.25, -0.2) is 0 Å². The third kappa shape index (κ3) is 5.29. The lowest BCUT2D eigenvalue weighted by Gasteiger charge is -2.55. The molecule has 3 atom stereocenters. The summed E-state index contributed by atoms with van der Waals surface area (Å²) in [5.74, 6) is -1.26. The number of amides is 2. The molecule has 2 heterocycles. The van der Waals surface area contributed by atoms with Gasteiger partial charge in [0, 0.05) is 35.6 Å². The maximum absolute atomic E-state index is 13.2. The van der Waals surface area contributed by atoms with Crippen LogP contribution in [0.3, 0.4) is 0 Å². The minimum absolute atomic E-state index is 0.0502. The van der Waals surface area contributed by atoms with Gasteiger partial charge in [0.1, 0.15) is 10.6 Å². The van der Waals surface area contributed by atoms with Crippen LogP contribution in [0.15, 0.2) is 65.2 Å². The first-order valence-corrected chi connectivity index (χ1v) is 13.2. The predicted octanol–water partition coefficient (Wildman–Crippen LogP) is 4.29. The number of fused-ring (bicyclic) bond motifs is 1. The van der Waals surface area contributed by atoms with Gasteiger partial charge in [0.05, 0.1) is 16.9 Å². The topological polar surface area (TPSA) is 130 Å². The van der Waals surface area contributed by atoms with Crippen molar-refractivity contribution in [1.29, 1.82) is 0 Å². The van der Waals surface area contributed by atoms with Crippen LogP contribution in [-0.4, -0.2) is 42.8 Å². The molecule has 2 amide bonds. The normalized spacial score (nSPS) is 21.3. The number of anilines is 1. The number of hydrogen-bond donors (Lipinski definition) is 3. The molecule has 2 aromatic rings. The van der Waals surface area contributed by atoms with Crippen molar-refractivity contribution in [2.45, 2.75) is 50.0 Å². The number of aliphatic hydroxyl groups is 1. The van der Waals surface area contributed by atoms with Crippen LogP contribution in [0.5, 0.6) is 0 Å². The minimum Gasteiger partial charge on any atom is -0.392 e. The molecule has 0 bridgehead atoms. The summed E-state index contributed by atoms with van der Waals surface area (Å²) in [5, 5.41) is 24.1. The zero-order chi connectivity index (χ0) is 26.7. The van der Waals surface area contributed by atoms with Crippen LogP contribution < -0.4 is 5.32 Å². The molecule has 2 aliphatic rings. The maximum Gasteiger partial charge on any atom is 0.269 e. The summed E-state index contributed by atoms with van der Waals surface area (Å²) in [6.07, 6.45) is 0.772. The van der Waals surface area contributed by atoms with E-state index in [0.717, 1.165) is 5.56 Å². The monoisotopic (exact) mass is 541 g/mol. The number of β-lactam (4-membered cyclic amide) rings is 1. The molecule has 0 saturated carbocycles. The molecule has 1 fully saturated rings. The molecule has 9 nitrogen and oxygen atoms in total. The Morgan fingerprint density at radius 1 is 1.22 bits per heavy atom. The SMILES string of the molecule is CC[C@H](O)[C@@H]1C(=O)N2C(C(=O)S)=C(CCCC(=O)Nc3ccccc3)S[C@]12Cc1ccc([N+](=O)[O-])cc1. The number of rotatable bonds is 11. The van der Waals surface area contributed by atoms with Crippen LogP contribution in [0.4, 0.5) is 11.4 Å². The quantitative estimate of drug-likeness (QED) is 0.167. The van der Waals surface area contributed by atoms with E-state index in [4.69, 9.17) is 0 Å². The van der Waals surface area contributed by atoms with E-state index in [9.17, 15) is 29.6 Å². The molecule has 37 heavy (non-hydrogen) atoms. The molecular weight excluding hydrogens is 514 g/mol. The Morgan fingerprint density at radius 3 is 2.49 bits per heavy atom. The molecule has 11 heteroatoms. The van der Waals surface area contributed by atoms with Crippen molar-refractivity contribution in [3.8, 4) is 0 Å². The van der Waals surface area contributed by atoms with E-state index in [0.29, 0.717) is 29.9 Å². The first kappa shape index (κ1) is 26.9. The fraction of sp³-hybridized carbons (Fsp3) is 0.346. The maximum atomic E-state index is 13.2. The summed E-state index contributed by atoms with van der Waals surface area (Å²) in [6, 6.07) is 15.1. The number of hydrogen-bond acceptors (Lipinski definition) is 7. The number of aliphatic hydroxyl groups excluding tert-OH is 1. The van der Waals surface area contributed by atoms with Gasteiger partial charge < -0.3 is 10.4 Å².